The Labute approximate surface area is 211 Å². The summed E-state index contributed by atoms with van der Waals surface area (Å²) >= 11 is 0. The van der Waals surface area contributed by atoms with Gasteiger partial charge in [0, 0.05) is 49.1 Å². The van der Waals surface area contributed by atoms with Crippen LogP contribution in [0, 0.1) is 5.92 Å². The van der Waals surface area contributed by atoms with E-state index >= 15 is 0 Å². The number of hydrogen-bond donors (Lipinski definition) is 2. The van der Waals surface area contributed by atoms with Crippen LogP contribution in [0.15, 0.2) is 64.7 Å². The molecule has 2 N–H and O–H groups in total. The van der Waals surface area contributed by atoms with Gasteiger partial charge in [0.2, 0.25) is 0 Å². The van der Waals surface area contributed by atoms with Gasteiger partial charge in [0.1, 0.15) is 18.1 Å². The van der Waals surface area contributed by atoms with Crippen LogP contribution in [0.3, 0.4) is 0 Å². The molecular formula is C28H31N5O3. The van der Waals surface area contributed by atoms with Crippen LogP contribution in [-0.4, -0.2) is 58.1 Å². The molecule has 0 spiro atoms. The molecule has 0 aliphatic carbocycles. The quantitative estimate of drug-likeness (QED) is 0.661. The number of morpholine rings is 1. The molecule has 4 aliphatic heterocycles. The second kappa shape index (κ2) is 10.1. The molecule has 2 aromatic rings. The minimum Gasteiger partial charge on any atom is -0.495 e. The van der Waals surface area contributed by atoms with Crippen molar-refractivity contribution in [1.29, 1.82) is 0 Å². The molecule has 8 heteroatoms. The van der Waals surface area contributed by atoms with E-state index in [1.54, 1.807) is 7.11 Å². The Kier molecular flexibility index (Phi) is 6.34. The lowest BCUT2D eigenvalue weighted by atomic mass is 9.95. The van der Waals surface area contributed by atoms with E-state index in [0.29, 0.717) is 6.61 Å². The molecule has 0 amide bonds. The predicted octanol–water partition coefficient (Wildman–Crippen LogP) is 4.57. The number of ether oxygens (including phenoxy) is 3. The zero-order valence-electron chi connectivity index (χ0n) is 20.5. The average Bonchev–Trinajstić information content (AvgIpc) is 3.38. The summed E-state index contributed by atoms with van der Waals surface area (Å²) in [6, 6.07) is 12.4. The molecule has 4 heterocycles. The molecule has 1 saturated heterocycles. The van der Waals surface area contributed by atoms with E-state index < -0.39 is 0 Å². The third-order valence-corrected chi connectivity index (χ3v) is 6.92. The molecule has 0 bridgehead atoms. The largest absolute Gasteiger partial charge is 0.495 e. The number of rotatable bonds is 4. The molecule has 8 nitrogen and oxygen atoms in total. The van der Waals surface area contributed by atoms with Crippen LogP contribution in [0.5, 0.6) is 11.5 Å². The fraction of sp³-hybridized carbons (Fsp3) is 0.357. The van der Waals surface area contributed by atoms with Crippen molar-refractivity contribution < 1.29 is 14.2 Å². The van der Waals surface area contributed by atoms with Crippen molar-refractivity contribution in [3.63, 3.8) is 0 Å². The lowest BCUT2D eigenvalue weighted by Gasteiger charge is -2.30. The molecule has 0 saturated carbocycles. The Balaban J connectivity index is 1.33. The molecule has 1 fully saturated rings. The van der Waals surface area contributed by atoms with E-state index in [1.807, 2.05) is 18.3 Å². The second-order valence-electron chi connectivity index (χ2n) is 9.19. The highest BCUT2D eigenvalue weighted by Gasteiger charge is 2.25. The SMILES string of the molecule is COc1cc(NC2=N/C(c3ccc4c(c3)NCCO4)=C\CCC3C=CN=C23)ccc1N1CCOCC1. The molecule has 4 aliphatic rings. The molecule has 0 aromatic heterocycles. The number of nitrogens with zero attached hydrogens (tertiary/aromatic N) is 3. The van der Waals surface area contributed by atoms with Crippen LogP contribution in [-0.2, 0) is 4.74 Å². The highest BCUT2D eigenvalue weighted by atomic mass is 16.5. The molecule has 1 atom stereocenters. The van der Waals surface area contributed by atoms with E-state index in [-0.39, 0.29) is 5.92 Å². The van der Waals surface area contributed by atoms with Crippen LogP contribution in [0.4, 0.5) is 17.1 Å². The molecule has 2 aromatic carbocycles. The van der Waals surface area contributed by atoms with Gasteiger partial charge < -0.3 is 29.7 Å². The van der Waals surface area contributed by atoms with Gasteiger partial charge in [-0.05, 0) is 43.2 Å². The van der Waals surface area contributed by atoms with E-state index in [9.17, 15) is 0 Å². The lowest BCUT2D eigenvalue weighted by Crippen LogP contribution is -2.36. The van der Waals surface area contributed by atoms with Crippen LogP contribution >= 0.6 is 0 Å². The van der Waals surface area contributed by atoms with Gasteiger partial charge in [0.05, 0.1) is 43.1 Å². The number of nitrogens with one attached hydrogen (secondary N) is 2. The summed E-state index contributed by atoms with van der Waals surface area (Å²) in [5, 5.41) is 6.99. The summed E-state index contributed by atoms with van der Waals surface area (Å²) in [5.41, 5.74) is 5.95. The third kappa shape index (κ3) is 4.56. The minimum atomic E-state index is 0.252. The first kappa shape index (κ1) is 22.7. The monoisotopic (exact) mass is 485 g/mol. The van der Waals surface area contributed by atoms with Gasteiger partial charge in [-0.3, -0.25) is 4.99 Å². The first-order valence-corrected chi connectivity index (χ1v) is 12.6. The third-order valence-electron chi connectivity index (χ3n) is 6.92. The highest BCUT2D eigenvalue weighted by Crippen LogP contribution is 2.34. The number of aliphatic imine (C=N–C) groups is 2. The number of amidine groups is 1. The molecule has 0 radical (unpaired) electrons. The van der Waals surface area contributed by atoms with Gasteiger partial charge in [-0.2, -0.15) is 0 Å². The van der Waals surface area contributed by atoms with E-state index in [0.717, 1.165) is 97.1 Å². The Morgan fingerprint density at radius 1 is 1.11 bits per heavy atom. The summed E-state index contributed by atoms with van der Waals surface area (Å²) in [5.74, 6) is 2.73. The zero-order valence-corrected chi connectivity index (χ0v) is 20.5. The van der Waals surface area contributed by atoms with Crippen LogP contribution in [0.1, 0.15) is 18.4 Å². The Morgan fingerprint density at radius 3 is 2.92 bits per heavy atom. The molecule has 1 unspecified atom stereocenters. The van der Waals surface area contributed by atoms with Crippen molar-refractivity contribution in [1.82, 2.24) is 0 Å². The number of allylic oxidation sites excluding steroid dienone is 2. The zero-order chi connectivity index (χ0) is 24.3. The summed E-state index contributed by atoms with van der Waals surface area (Å²) in [7, 11) is 1.71. The Morgan fingerprint density at radius 2 is 2.03 bits per heavy atom. The predicted molar refractivity (Wildman–Crippen MR) is 145 cm³/mol. The molecule has 36 heavy (non-hydrogen) atoms. The van der Waals surface area contributed by atoms with E-state index in [4.69, 9.17) is 24.2 Å². The Bertz CT molecular complexity index is 1260. The summed E-state index contributed by atoms with van der Waals surface area (Å²) < 4.78 is 17.0. The maximum atomic E-state index is 5.77. The van der Waals surface area contributed by atoms with Crippen molar-refractivity contribution in [3.8, 4) is 11.5 Å². The maximum Gasteiger partial charge on any atom is 0.153 e. The molecule has 6 rings (SSSR count). The first-order valence-electron chi connectivity index (χ1n) is 12.6. The number of hydrogen-bond acceptors (Lipinski definition) is 8. The topological polar surface area (TPSA) is 79.7 Å². The van der Waals surface area contributed by atoms with E-state index in [2.05, 4.69) is 52.0 Å². The number of fused-ring (bicyclic) bond motifs is 2. The van der Waals surface area contributed by atoms with Gasteiger partial charge in [-0.1, -0.05) is 12.2 Å². The van der Waals surface area contributed by atoms with Crippen molar-refractivity contribution in [3.05, 3.63) is 60.3 Å². The highest BCUT2D eigenvalue weighted by molar-refractivity contribution is 6.47. The number of methoxy groups -OCH3 is 1. The maximum absolute atomic E-state index is 5.77. The van der Waals surface area contributed by atoms with Gasteiger partial charge in [0.25, 0.3) is 0 Å². The normalized spacial score (nSPS) is 22.4. The molecular weight excluding hydrogens is 454 g/mol. The van der Waals surface area contributed by atoms with Crippen LogP contribution in [0.2, 0.25) is 0 Å². The summed E-state index contributed by atoms with van der Waals surface area (Å²) in [6.07, 6.45) is 8.20. The van der Waals surface area contributed by atoms with Crippen LogP contribution < -0.4 is 25.0 Å². The Hall–Kier alpha value is -3.78. The first-order chi connectivity index (χ1) is 17.8. The average molecular weight is 486 g/mol. The van der Waals surface area contributed by atoms with Crippen molar-refractivity contribution in [2.75, 3.05) is 62.1 Å². The van der Waals surface area contributed by atoms with Crippen molar-refractivity contribution in [2.45, 2.75) is 12.8 Å². The molecule has 186 valence electrons. The van der Waals surface area contributed by atoms with E-state index in [1.165, 1.54) is 0 Å². The van der Waals surface area contributed by atoms with Crippen molar-refractivity contribution >= 4 is 34.3 Å². The lowest BCUT2D eigenvalue weighted by molar-refractivity contribution is 0.122. The summed E-state index contributed by atoms with van der Waals surface area (Å²) in [6.45, 7) is 4.66. The van der Waals surface area contributed by atoms with Gasteiger partial charge >= 0.3 is 0 Å². The minimum absolute atomic E-state index is 0.252. The number of anilines is 3. The smallest absolute Gasteiger partial charge is 0.153 e. The summed E-state index contributed by atoms with van der Waals surface area (Å²) in [4.78, 5) is 12.1. The van der Waals surface area contributed by atoms with Crippen molar-refractivity contribution in [2.24, 2.45) is 15.9 Å². The van der Waals surface area contributed by atoms with Gasteiger partial charge in [-0.15, -0.1) is 0 Å². The standard InChI is InChI=1S/C28H31N5O3/c1-34-26-18-21(6-7-24(26)33-12-15-35-16-13-33)31-28-27-19(9-10-30-27)3-2-4-22(32-28)20-5-8-25-23(17-20)29-11-14-36-25/h4-10,17-19,29H,2-3,11-16H2,1H3,(H,31,32)/b22-4-. The fourth-order valence-electron chi connectivity index (χ4n) is 5.04. The van der Waals surface area contributed by atoms with Crippen LogP contribution in [0.25, 0.3) is 5.70 Å². The van der Waals surface area contributed by atoms with Gasteiger partial charge in [0.15, 0.2) is 5.84 Å². The number of benzene rings is 2. The second-order valence-corrected chi connectivity index (χ2v) is 9.19. The van der Waals surface area contributed by atoms with Gasteiger partial charge in [-0.25, -0.2) is 4.99 Å². The fourth-order valence-corrected chi connectivity index (χ4v) is 5.04.